The number of carboxylic acids is 1. The van der Waals surface area contributed by atoms with Gasteiger partial charge in [0, 0.05) is 24.8 Å². The van der Waals surface area contributed by atoms with Gasteiger partial charge < -0.3 is 15.0 Å². The van der Waals surface area contributed by atoms with Crippen LogP contribution in [-0.4, -0.2) is 45.7 Å². The number of aliphatic carboxylic acids is 1. The van der Waals surface area contributed by atoms with Gasteiger partial charge in [0.2, 0.25) is 0 Å². The molecule has 0 radical (unpaired) electrons. The number of carbonyl (C=O) groups is 3. The zero-order chi connectivity index (χ0) is 14.2. The van der Waals surface area contributed by atoms with Crippen molar-refractivity contribution in [3.8, 4) is 0 Å². The summed E-state index contributed by atoms with van der Waals surface area (Å²) < 4.78 is 0. The summed E-state index contributed by atoms with van der Waals surface area (Å²) in [5.41, 5.74) is 0.772. The SMILES string of the molecule is CC(=O)c1c[nH]c(C(=O)N2C[C@@H](C)[C@H](C(=O)O)C2)c1. The molecule has 0 spiro atoms. The zero-order valence-corrected chi connectivity index (χ0v) is 10.8. The van der Waals surface area contributed by atoms with E-state index in [1.807, 2.05) is 6.92 Å². The fourth-order valence-corrected chi connectivity index (χ4v) is 2.35. The second kappa shape index (κ2) is 4.87. The molecule has 1 aliphatic rings. The van der Waals surface area contributed by atoms with E-state index in [1.54, 1.807) is 0 Å². The van der Waals surface area contributed by atoms with Crippen molar-refractivity contribution >= 4 is 17.7 Å². The Morgan fingerprint density at radius 2 is 2.05 bits per heavy atom. The number of Topliss-reactive ketones (excluding diaryl/α,β-unsaturated/α-hetero) is 1. The summed E-state index contributed by atoms with van der Waals surface area (Å²) in [6, 6.07) is 1.50. The number of amides is 1. The predicted octanol–water partition coefficient (Wildman–Crippen LogP) is 1.01. The van der Waals surface area contributed by atoms with E-state index in [2.05, 4.69) is 4.98 Å². The smallest absolute Gasteiger partial charge is 0.308 e. The van der Waals surface area contributed by atoms with Crippen LogP contribution >= 0.6 is 0 Å². The third-order valence-electron chi connectivity index (χ3n) is 3.54. The molecule has 2 heterocycles. The third kappa shape index (κ3) is 2.52. The fraction of sp³-hybridized carbons (Fsp3) is 0.462. The highest BCUT2D eigenvalue weighted by molar-refractivity contribution is 5.99. The van der Waals surface area contributed by atoms with Crippen LogP contribution in [0, 0.1) is 11.8 Å². The number of H-pyrrole nitrogens is 1. The van der Waals surface area contributed by atoms with Gasteiger partial charge in [-0.05, 0) is 18.9 Å². The lowest BCUT2D eigenvalue weighted by atomic mass is 9.99. The van der Waals surface area contributed by atoms with Gasteiger partial charge in [0.25, 0.3) is 5.91 Å². The highest BCUT2D eigenvalue weighted by Crippen LogP contribution is 2.24. The zero-order valence-electron chi connectivity index (χ0n) is 10.8. The van der Waals surface area contributed by atoms with Gasteiger partial charge in [0.05, 0.1) is 5.92 Å². The standard InChI is InChI=1S/C13H16N2O4/c1-7-5-15(6-10(7)13(18)19)12(17)11-3-9(4-14-11)8(2)16/h3-4,7,10,14H,5-6H2,1-2H3,(H,18,19)/t7-,10-/m1/s1. The minimum Gasteiger partial charge on any atom is -0.481 e. The fourth-order valence-electron chi connectivity index (χ4n) is 2.35. The van der Waals surface area contributed by atoms with Crippen molar-refractivity contribution in [2.24, 2.45) is 11.8 Å². The highest BCUT2D eigenvalue weighted by atomic mass is 16.4. The average molecular weight is 264 g/mol. The molecule has 1 aromatic heterocycles. The molecule has 0 unspecified atom stereocenters. The van der Waals surface area contributed by atoms with E-state index in [9.17, 15) is 14.4 Å². The molecule has 0 saturated carbocycles. The second-order valence-corrected chi connectivity index (χ2v) is 4.99. The summed E-state index contributed by atoms with van der Waals surface area (Å²) in [6.07, 6.45) is 1.49. The maximum absolute atomic E-state index is 12.2. The molecule has 102 valence electrons. The number of nitrogens with zero attached hydrogens (tertiary/aromatic N) is 1. The minimum atomic E-state index is -0.876. The number of nitrogens with one attached hydrogen (secondary N) is 1. The Labute approximate surface area is 110 Å². The van der Waals surface area contributed by atoms with Crippen molar-refractivity contribution in [3.63, 3.8) is 0 Å². The van der Waals surface area contributed by atoms with E-state index in [1.165, 1.54) is 24.1 Å². The van der Waals surface area contributed by atoms with Crippen molar-refractivity contribution in [3.05, 3.63) is 23.5 Å². The number of aromatic amines is 1. The van der Waals surface area contributed by atoms with Crippen LogP contribution in [0.25, 0.3) is 0 Å². The molecule has 1 saturated heterocycles. The van der Waals surface area contributed by atoms with Crippen LogP contribution in [0.4, 0.5) is 0 Å². The molecule has 1 aromatic rings. The van der Waals surface area contributed by atoms with Gasteiger partial charge >= 0.3 is 5.97 Å². The molecule has 1 aliphatic heterocycles. The Morgan fingerprint density at radius 3 is 2.53 bits per heavy atom. The molecule has 19 heavy (non-hydrogen) atoms. The number of carboxylic acid groups (broad SMARTS) is 1. The maximum Gasteiger partial charge on any atom is 0.308 e. The van der Waals surface area contributed by atoms with Crippen molar-refractivity contribution in [2.75, 3.05) is 13.1 Å². The number of hydrogen-bond donors (Lipinski definition) is 2. The van der Waals surface area contributed by atoms with E-state index in [4.69, 9.17) is 5.11 Å². The van der Waals surface area contributed by atoms with Crippen LogP contribution in [0.5, 0.6) is 0 Å². The lowest BCUT2D eigenvalue weighted by Gasteiger charge is -2.14. The first kappa shape index (κ1) is 13.3. The van der Waals surface area contributed by atoms with Gasteiger partial charge in [0.15, 0.2) is 5.78 Å². The highest BCUT2D eigenvalue weighted by Gasteiger charge is 2.37. The van der Waals surface area contributed by atoms with Crippen LogP contribution < -0.4 is 0 Å². The number of ketones is 1. The Balaban J connectivity index is 2.12. The van der Waals surface area contributed by atoms with Crippen molar-refractivity contribution in [2.45, 2.75) is 13.8 Å². The van der Waals surface area contributed by atoms with Crippen LogP contribution in [0.1, 0.15) is 34.7 Å². The quantitative estimate of drug-likeness (QED) is 0.797. The molecule has 6 nitrogen and oxygen atoms in total. The van der Waals surface area contributed by atoms with Gasteiger partial charge in [0.1, 0.15) is 5.69 Å². The van der Waals surface area contributed by atoms with Crippen LogP contribution in [-0.2, 0) is 4.79 Å². The third-order valence-corrected chi connectivity index (χ3v) is 3.54. The molecule has 0 aliphatic carbocycles. The van der Waals surface area contributed by atoms with E-state index in [0.29, 0.717) is 17.8 Å². The lowest BCUT2D eigenvalue weighted by molar-refractivity contribution is -0.142. The number of aromatic nitrogens is 1. The second-order valence-electron chi connectivity index (χ2n) is 4.99. The average Bonchev–Trinajstić information content (AvgIpc) is 2.94. The van der Waals surface area contributed by atoms with Crippen LogP contribution in [0.15, 0.2) is 12.3 Å². The van der Waals surface area contributed by atoms with Crippen molar-refractivity contribution in [1.29, 1.82) is 0 Å². The summed E-state index contributed by atoms with van der Waals surface area (Å²) in [7, 11) is 0. The van der Waals surface area contributed by atoms with Crippen LogP contribution in [0.3, 0.4) is 0 Å². The molecule has 2 rings (SSSR count). The Hall–Kier alpha value is -2.11. The molecule has 0 aromatic carbocycles. The van der Waals surface area contributed by atoms with Crippen molar-refractivity contribution in [1.82, 2.24) is 9.88 Å². The first-order valence-corrected chi connectivity index (χ1v) is 6.11. The number of carbonyl (C=O) groups excluding carboxylic acids is 2. The lowest BCUT2D eigenvalue weighted by Crippen LogP contribution is -2.30. The van der Waals surface area contributed by atoms with Gasteiger partial charge in [-0.15, -0.1) is 0 Å². The van der Waals surface area contributed by atoms with E-state index in [-0.39, 0.29) is 24.2 Å². The molecule has 0 bridgehead atoms. The number of likely N-dealkylation sites (tertiary alicyclic amines) is 1. The summed E-state index contributed by atoms with van der Waals surface area (Å²) in [5, 5.41) is 9.04. The molecular formula is C13H16N2O4. The predicted molar refractivity (Wildman–Crippen MR) is 67.0 cm³/mol. The molecular weight excluding hydrogens is 248 g/mol. The molecule has 1 amide bonds. The minimum absolute atomic E-state index is 0.0660. The van der Waals surface area contributed by atoms with Gasteiger partial charge in [-0.3, -0.25) is 14.4 Å². The first-order valence-electron chi connectivity index (χ1n) is 6.11. The molecule has 1 fully saturated rings. The molecule has 2 atom stereocenters. The normalized spacial score (nSPS) is 22.5. The number of rotatable bonds is 3. The van der Waals surface area contributed by atoms with Crippen LogP contribution in [0.2, 0.25) is 0 Å². The Kier molecular flexibility index (Phi) is 3.42. The summed E-state index contributed by atoms with van der Waals surface area (Å²) >= 11 is 0. The Bertz CT molecular complexity index is 535. The molecule has 6 heteroatoms. The van der Waals surface area contributed by atoms with Gasteiger partial charge in [-0.25, -0.2) is 0 Å². The maximum atomic E-state index is 12.2. The van der Waals surface area contributed by atoms with Crippen molar-refractivity contribution < 1.29 is 19.5 Å². The largest absolute Gasteiger partial charge is 0.481 e. The molecule has 2 N–H and O–H groups in total. The van der Waals surface area contributed by atoms with E-state index >= 15 is 0 Å². The number of hydrogen-bond acceptors (Lipinski definition) is 3. The van der Waals surface area contributed by atoms with E-state index < -0.39 is 11.9 Å². The summed E-state index contributed by atoms with van der Waals surface area (Å²) in [5.74, 6) is -1.84. The van der Waals surface area contributed by atoms with Gasteiger partial charge in [-0.1, -0.05) is 6.92 Å². The first-order chi connectivity index (χ1) is 8.90. The van der Waals surface area contributed by atoms with E-state index in [0.717, 1.165) is 0 Å². The topological polar surface area (TPSA) is 90.5 Å². The summed E-state index contributed by atoms with van der Waals surface area (Å²) in [6.45, 7) is 3.88. The monoisotopic (exact) mass is 264 g/mol. The Morgan fingerprint density at radius 1 is 1.37 bits per heavy atom. The summed E-state index contributed by atoms with van der Waals surface area (Å²) in [4.78, 5) is 38.7. The van der Waals surface area contributed by atoms with Gasteiger partial charge in [-0.2, -0.15) is 0 Å².